The summed E-state index contributed by atoms with van der Waals surface area (Å²) in [6.45, 7) is 0.514. The first-order valence-electron chi connectivity index (χ1n) is 7.10. The number of nitrogen functional groups attached to an aromatic ring is 1. The molecule has 0 unspecified atom stereocenters. The molecule has 20 heavy (non-hydrogen) atoms. The second-order valence-electron chi connectivity index (χ2n) is 5.40. The maximum atomic E-state index is 13.5. The summed E-state index contributed by atoms with van der Waals surface area (Å²) in [7, 11) is 0. The average molecular weight is 282 g/mol. The van der Waals surface area contributed by atoms with E-state index in [0.717, 1.165) is 12.5 Å². The molecule has 1 aliphatic rings. The van der Waals surface area contributed by atoms with Crippen molar-refractivity contribution in [3.63, 3.8) is 0 Å². The van der Waals surface area contributed by atoms with Gasteiger partial charge in [0, 0.05) is 12.6 Å². The highest BCUT2D eigenvalue weighted by molar-refractivity contribution is 5.95. The number of nitrogens with two attached hydrogens (primary N) is 1. The number of amides is 1. The highest BCUT2D eigenvalue weighted by Crippen LogP contribution is 2.25. The van der Waals surface area contributed by atoms with Crippen molar-refractivity contribution in [2.24, 2.45) is 5.92 Å². The van der Waals surface area contributed by atoms with Crippen molar-refractivity contribution in [2.75, 3.05) is 12.3 Å². The zero-order valence-corrected chi connectivity index (χ0v) is 11.4. The monoisotopic (exact) mass is 282 g/mol. The molecule has 0 aliphatic heterocycles. The molecule has 1 fully saturated rings. The zero-order chi connectivity index (χ0) is 14.5. The molecular weight excluding hydrogens is 262 g/mol. The lowest BCUT2D eigenvalue weighted by Crippen LogP contribution is -2.27. The van der Waals surface area contributed by atoms with Crippen molar-refractivity contribution in [1.29, 1.82) is 0 Å². The fraction of sp³-hybridized carbons (Fsp3) is 0.533. The summed E-state index contributed by atoms with van der Waals surface area (Å²) in [5.41, 5.74) is 4.93. The summed E-state index contributed by atoms with van der Waals surface area (Å²) in [6, 6.07) is 1.69. The van der Waals surface area contributed by atoms with Crippen LogP contribution in [0, 0.1) is 17.6 Å². The van der Waals surface area contributed by atoms with Crippen molar-refractivity contribution >= 4 is 11.6 Å². The Morgan fingerprint density at radius 2 is 1.90 bits per heavy atom. The summed E-state index contributed by atoms with van der Waals surface area (Å²) in [5, 5.41) is 2.68. The van der Waals surface area contributed by atoms with Gasteiger partial charge in [-0.25, -0.2) is 8.78 Å². The minimum atomic E-state index is -0.883. The number of anilines is 1. The molecule has 0 heterocycles. The molecule has 1 amide bonds. The van der Waals surface area contributed by atoms with Gasteiger partial charge in [-0.1, -0.05) is 32.1 Å². The molecular formula is C15H20F2N2O. The standard InChI is InChI=1S/C15H20F2N2O/c16-12-9-13(17)14(18)8-11(12)15(20)19-7-6-10-4-2-1-3-5-10/h8-10H,1-7,18H2,(H,19,20). The first-order valence-corrected chi connectivity index (χ1v) is 7.10. The molecule has 0 spiro atoms. The number of nitrogens with one attached hydrogen (secondary N) is 1. The molecule has 5 heteroatoms. The molecule has 3 N–H and O–H groups in total. The number of hydrogen-bond acceptors (Lipinski definition) is 2. The van der Waals surface area contributed by atoms with E-state index in [1.54, 1.807) is 0 Å². The third kappa shape index (κ3) is 3.68. The van der Waals surface area contributed by atoms with Crippen molar-refractivity contribution in [1.82, 2.24) is 5.32 Å². The molecule has 0 radical (unpaired) electrons. The molecule has 0 saturated heterocycles. The van der Waals surface area contributed by atoms with Crippen LogP contribution in [0.2, 0.25) is 0 Å². The van der Waals surface area contributed by atoms with E-state index in [4.69, 9.17) is 5.73 Å². The van der Waals surface area contributed by atoms with Crippen molar-refractivity contribution in [3.8, 4) is 0 Å². The van der Waals surface area contributed by atoms with Crippen LogP contribution in [0.5, 0.6) is 0 Å². The predicted molar refractivity (Wildman–Crippen MR) is 74.3 cm³/mol. The number of carbonyl (C=O) groups excluding carboxylic acids is 1. The quantitative estimate of drug-likeness (QED) is 0.833. The molecule has 0 atom stereocenters. The van der Waals surface area contributed by atoms with E-state index >= 15 is 0 Å². The largest absolute Gasteiger partial charge is 0.396 e. The van der Waals surface area contributed by atoms with E-state index in [1.165, 1.54) is 32.1 Å². The van der Waals surface area contributed by atoms with Gasteiger partial charge in [0.2, 0.25) is 0 Å². The predicted octanol–water partition coefficient (Wildman–Crippen LogP) is 3.25. The van der Waals surface area contributed by atoms with E-state index < -0.39 is 17.5 Å². The summed E-state index contributed by atoms with van der Waals surface area (Å²) >= 11 is 0. The van der Waals surface area contributed by atoms with E-state index in [1.807, 2.05) is 0 Å². The van der Waals surface area contributed by atoms with Crippen LogP contribution in [-0.2, 0) is 0 Å². The SMILES string of the molecule is Nc1cc(C(=O)NCCC2CCCCC2)c(F)cc1F. The van der Waals surface area contributed by atoms with Crippen LogP contribution in [-0.4, -0.2) is 12.5 Å². The maximum Gasteiger partial charge on any atom is 0.254 e. The lowest BCUT2D eigenvalue weighted by molar-refractivity contribution is 0.0946. The third-order valence-corrected chi connectivity index (χ3v) is 3.89. The van der Waals surface area contributed by atoms with E-state index in [-0.39, 0.29) is 11.3 Å². The van der Waals surface area contributed by atoms with Gasteiger partial charge in [0.05, 0.1) is 11.3 Å². The van der Waals surface area contributed by atoms with Gasteiger partial charge in [-0.3, -0.25) is 4.79 Å². The summed E-state index contributed by atoms with van der Waals surface area (Å²) in [4.78, 5) is 11.8. The Morgan fingerprint density at radius 3 is 2.60 bits per heavy atom. The molecule has 1 aromatic carbocycles. The second kappa shape index (κ2) is 6.68. The molecule has 3 nitrogen and oxygen atoms in total. The fourth-order valence-electron chi connectivity index (χ4n) is 2.70. The minimum Gasteiger partial charge on any atom is -0.396 e. The van der Waals surface area contributed by atoms with Crippen molar-refractivity contribution < 1.29 is 13.6 Å². The van der Waals surface area contributed by atoms with Crippen LogP contribution in [0.3, 0.4) is 0 Å². The lowest BCUT2D eigenvalue weighted by atomic mass is 9.87. The van der Waals surface area contributed by atoms with Crippen LogP contribution in [0.25, 0.3) is 0 Å². The van der Waals surface area contributed by atoms with Crippen LogP contribution >= 0.6 is 0 Å². The van der Waals surface area contributed by atoms with Crippen LogP contribution in [0.4, 0.5) is 14.5 Å². The highest BCUT2D eigenvalue weighted by Gasteiger charge is 2.16. The molecule has 1 aromatic rings. The summed E-state index contributed by atoms with van der Waals surface area (Å²) in [6.07, 6.45) is 7.11. The molecule has 0 bridgehead atoms. The van der Waals surface area contributed by atoms with Gasteiger partial charge in [-0.15, -0.1) is 0 Å². The molecule has 1 aliphatic carbocycles. The fourth-order valence-corrected chi connectivity index (χ4v) is 2.70. The topological polar surface area (TPSA) is 55.1 Å². The number of rotatable bonds is 4. The van der Waals surface area contributed by atoms with Crippen LogP contribution < -0.4 is 11.1 Å². The zero-order valence-electron chi connectivity index (χ0n) is 11.4. The Balaban J connectivity index is 1.87. The van der Waals surface area contributed by atoms with Gasteiger partial charge in [0.1, 0.15) is 11.6 Å². The Labute approximate surface area is 117 Å². The van der Waals surface area contributed by atoms with Gasteiger partial charge >= 0.3 is 0 Å². The molecule has 2 rings (SSSR count). The van der Waals surface area contributed by atoms with E-state index in [2.05, 4.69) is 5.32 Å². The van der Waals surface area contributed by atoms with Gasteiger partial charge in [-0.2, -0.15) is 0 Å². The highest BCUT2D eigenvalue weighted by atomic mass is 19.1. The van der Waals surface area contributed by atoms with E-state index in [9.17, 15) is 13.6 Å². The van der Waals surface area contributed by atoms with Gasteiger partial charge in [0.25, 0.3) is 5.91 Å². The van der Waals surface area contributed by atoms with Gasteiger partial charge in [-0.05, 0) is 18.4 Å². The third-order valence-electron chi connectivity index (χ3n) is 3.89. The Morgan fingerprint density at radius 1 is 1.20 bits per heavy atom. The van der Waals surface area contributed by atoms with Crippen molar-refractivity contribution in [3.05, 3.63) is 29.3 Å². The number of halogens is 2. The number of carbonyl (C=O) groups is 1. The Kier molecular flexibility index (Phi) is 4.93. The number of benzene rings is 1. The first kappa shape index (κ1) is 14.8. The maximum absolute atomic E-state index is 13.5. The summed E-state index contributed by atoms with van der Waals surface area (Å²) < 4.78 is 26.5. The lowest BCUT2D eigenvalue weighted by Gasteiger charge is -2.21. The van der Waals surface area contributed by atoms with E-state index in [0.29, 0.717) is 18.5 Å². The second-order valence-corrected chi connectivity index (χ2v) is 5.40. The first-order chi connectivity index (χ1) is 9.58. The molecule has 0 aromatic heterocycles. The number of hydrogen-bond donors (Lipinski definition) is 2. The van der Waals surface area contributed by atoms with Gasteiger partial charge in [0.15, 0.2) is 0 Å². The van der Waals surface area contributed by atoms with Gasteiger partial charge < -0.3 is 11.1 Å². The minimum absolute atomic E-state index is 0.201. The molecule has 110 valence electrons. The smallest absolute Gasteiger partial charge is 0.254 e. The van der Waals surface area contributed by atoms with Crippen molar-refractivity contribution in [2.45, 2.75) is 38.5 Å². The molecule has 1 saturated carbocycles. The van der Waals surface area contributed by atoms with Crippen LogP contribution in [0.15, 0.2) is 12.1 Å². The summed E-state index contributed by atoms with van der Waals surface area (Å²) in [5.74, 6) is -1.62. The van der Waals surface area contributed by atoms with Crippen LogP contribution in [0.1, 0.15) is 48.9 Å². The normalized spacial score (nSPS) is 16.1. The Hall–Kier alpha value is -1.65. The average Bonchev–Trinajstić information content (AvgIpc) is 2.44. The Bertz CT molecular complexity index is 485.